The maximum atomic E-state index is 6.20. The maximum absolute atomic E-state index is 6.20. The highest BCUT2D eigenvalue weighted by Crippen LogP contribution is 2.36. The molecule has 1 aliphatic carbocycles. The highest BCUT2D eigenvalue weighted by molar-refractivity contribution is 7.13. The molecule has 0 N–H and O–H groups in total. The first kappa shape index (κ1) is 17.0. The molecule has 134 valence electrons. The minimum atomic E-state index is 0.301. The largest absolute Gasteiger partial charge is 0.493 e. The number of hydrogen-bond donors (Lipinski definition) is 0. The lowest BCUT2D eigenvalue weighted by Crippen LogP contribution is -2.11. The van der Waals surface area contributed by atoms with E-state index in [0.717, 1.165) is 52.7 Å². The van der Waals surface area contributed by atoms with Crippen molar-refractivity contribution in [3.63, 3.8) is 0 Å². The van der Waals surface area contributed by atoms with E-state index in [2.05, 4.69) is 16.4 Å². The molecule has 4 nitrogen and oxygen atoms in total. The van der Waals surface area contributed by atoms with Crippen LogP contribution in [0.4, 0.5) is 0 Å². The molecule has 5 heteroatoms. The summed E-state index contributed by atoms with van der Waals surface area (Å²) in [5.41, 5.74) is 3.14. The minimum absolute atomic E-state index is 0.301. The summed E-state index contributed by atoms with van der Waals surface area (Å²) in [6.07, 6.45) is 7.61. The molecular weight excluding hydrogens is 344 g/mol. The van der Waals surface area contributed by atoms with Crippen molar-refractivity contribution in [1.82, 2.24) is 9.97 Å². The van der Waals surface area contributed by atoms with Gasteiger partial charge in [-0.3, -0.25) is 4.98 Å². The second-order valence-corrected chi connectivity index (χ2v) is 7.39. The monoisotopic (exact) mass is 366 g/mol. The van der Waals surface area contributed by atoms with Gasteiger partial charge in [0, 0.05) is 29.3 Å². The molecule has 1 aromatic carbocycles. The summed E-state index contributed by atoms with van der Waals surface area (Å²) < 4.78 is 11.7. The molecule has 26 heavy (non-hydrogen) atoms. The summed E-state index contributed by atoms with van der Waals surface area (Å²) in [4.78, 5) is 9.16. The van der Waals surface area contributed by atoms with Gasteiger partial charge in [0.1, 0.15) is 5.01 Å². The van der Waals surface area contributed by atoms with Crippen molar-refractivity contribution in [3.8, 4) is 22.1 Å². The number of rotatable bonds is 6. The van der Waals surface area contributed by atoms with Gasteiger partial charge in [-0.25, -0.2) is 4.98 Å². The van der Waals surface area contributed by atoms with Gasteiger partial charge in [0.05, 0.1) is 18.9 Å². The maximum Gasteiger partial charge on any atom is 0.162 e. The van der Waals surface area contributed by atoms with Crippen LogP contribution in [-0.2, 0) is 6.42 Å². The van der Waals surface area contributed by atoms with Crippen LogP contribution in [0.25, 0.3) is 10.6 Å². The third kappa shape index (κ3) is 3.88. The fourth-order valence-corrected chi connectivity index (χ4v) is 4.11. The highest BCUT2D eigenvalue weighted by atomic mass is 32.1. The van der Waals surface area contributed by atoms with E-state index in [-0.39, 0.29) is 0 Å². The van der Waals surface area contributed by atoms with Crippen LogP contribution in [-0.4, -0.2) is 23.2 Å². The zero-order valence-corrected chi connectivity index (χ0v) is 15.7. The normalized spacial score (nSPS) is 14.5. The average molecular weight is 366 g/mol. The van der Waals surface area contributed by atoms with Crippen LogP contribution < -0.4 is 9.47 Å². The van der Waals surface area contributed by atoms with E-state index < -0.39 is 0 Å². The lowest BCUT2D eigenvalue weighted by molar-refractivity contribution is 0.201. The number of nitrogens with zero attached hydrogens (tertiary/aromatic N) is 2. The lowest BCUT2D eigenvalue weighted by Gasteiger charge is -2.16. The molecular formula is C21H22N2O2S. The summed E-state index contributed by atoms with van der Waals surface area (Å²) in [5.74, 6) is 1.60. The van der Waals surface area contributed by atoms with Crippen LogP contribution in [0, 0.1) is 0 Å². The molecule has 0 saturated heterocycles. The predicted molar refractivity (Wildman–Crippen MR) is 104 cm³/mol. The molecule has 0 radical (unpaired) electrons. The Kier molecular flexibility index (Phi) is 5.16. The van der Waals surface area contributed by atoms with E-state index in [1.807, 2.05) is 36.5 Å². The van der Waals surface area contributed by atoms with Crippen LogP contribution in [0.2, 0.25) is 0 Å². The van der Waals surface area contributed by atoms with Gasteiger partial charge in [0.25, 0.3) is 0 Å². The number of ether oxygens (including phenoxy) is 2. The van der Waals surface area contributed by atoms with Crippen LogP contribution in [0.5, 0.6) is 11.5 Å². The zero-order chi connectivity index (χ0) is 17.8. The third-order valence-electron chi connectivity index (χ3n) is 4.65. The lowest BCUT2D eigenvalue weighted by atomic mass is 10.2. The molecule has 0 bridgehead atoms. The number of thiazole rings is 1. The molecule has 0 spiro atoms. The van der Waals surface area contributed by atoms with E-state index in [4.69, 9.17) is 14.5 Å². The van der Waals surface area contributed by atoms with Gasteiger partial charge in [-0.05, 0) is 56.0 Å². The van der Waals surface area contributed by atoms with Crippen LogP contribution in [0.3, 0.4) is 0 Å². The van der Waals surface area contributed by atoms with Crippen molar-refractivity contribution in [1.29, 1.82) is 0 Å². The van der Waals surface area contributed by atoms with Crippen molar-refractivity contribution in [2.24, 2.45) is 0 Å². The number of benzene rings is 1. The van der Waals surface area contributed by atoms with Gasteiger partial charge in [-0.1, -0.05) is 6.07 Å². The first-order valence-corrected chi connectivity index (χ1v) is 9.89. The number of hydrogen-bond acceptors (Lipinski definition) is 5. The van der Waals surface area contributed by atoms with Gasteiger partial charge in [-0.15, -0.1) is 11.3 Å². The zero-order valence-electron chi connectivity index (χ0n) is 14.9. The molecule has 0 aliphatic heterocycles. The van der Waals surface area contributed by atoms with Crippen molar-refractivity contribution < 1.29 is 9.47 Å². The predicted octanol–water partition coefficient (Wildman–Crippen LogP) is 5.13. The molecule has 3 aromatic rings. The summed E-state index contributed by atoms with van der Waals surface area (Å²) in [6.45, 7) is 0. The number of methoxy groups -OCH3 is 1. The van der Waals surface area contributed by atoms with Crippen LogP contribution >= 0.6 is 11.3 Å². The minimum Gasteiger partial charge on any atom is -0.493 e. The third-order valence-corrected chi connectivity index (χ3v) is 5.59. The van der Waals surface area contributed by atoms with E-state index in [0.29, 0.717) is 6.10 Å². The Balaban J connectivity index is 1.55. The summed E-state index contributed by atoms with van der Waals surface area (Å²) in [5, 5.41) is 3.10. The van der Waals surface area contributed by atoms with Gasteiger partial charge >= 0.3 is 0 Å². The fraction of sp³-hybridized carbons (Fsp3) is 0.333. The molecule has 1 aliphatic rings. The highest BCUT2D eigenvalue weighted by Gasteiger charge is 2.19. The molecule has 1 saturated carbocycles. The fourth-order valence-electron chi connectivity index (χ4n) is 3.30. The number of pyridine rings is 1. The van der Waals surface area contributed by atoms with E-state index >= 15 is 0 Å². The van der Waals surface area contributed by atoms with Crippen molar-refractivity contribution in [2.45, 2.75) is 38.2 Å². The summed E-state index contributed by atoms with van der Waals surface area (Å²) >= 11 is 1.65. The Morgan fingerprint density at radius 1 is 1.08 bits per heavy atom. The Bertz CT molecular complexity index is 857. The quantitative estimate of drug-likeness (QED) is 0.607. The molecule has 0 atom stereocenters. The van der Waals surface area contributed by atoms with E-state index in [1.165, 1.54) is 12.8 Å². The standard InChI is InChI=1S/C21H22N2O2S/c1-24-19-10-9-15(12-20(19)25-18-7-2-3-8-18)21-23-17(14-26-21)13-16-6-4-5-11-22-16/h4-6,9-12,14,18H,2-3,7-8,13H2,1H3. The second kappa shape index (κ2) is 7.87. The Labute approximate surface area is 157 Å². The van der Waals surface area contributed by atoms with Gasteiger partial charge in [0.15, 0.2) is 11.5 Å². The van der Waals surface area contributed by atoms with E-state index in [1.54, 1.807) is 18.4 Å². The van der Waals surface area contributed by atoms with Crippen LogP contribution in [0.15, 0.2) is 48.0 Å². The molecule has 2 heterocycles. The summed E-state index contributed by atoms with van der Waals surface area (Å²) in [6, 6.07) is 12.0. The van der Waals surface area contributed by atoms with Crippen molar-refractivity contribution in [2.75, 3.05) is 7.11 Å². The smallest absolute Gasteiger partial charge is 0.162 e. The molecule has 4 rings (SSSR count). The molecule has 0 unspecified atom stereocenters. The molecule has 1 fully saturated rings. The van der Waals surface area contributed by atoms with Gasteiger partial charge < -0.3 is 9.47 Å². The van der Waals surface area contributed by atoms with Crippen molar-refractivity contribution in [3.05, 3.63) is 59.4 Å². The Morgan fingerprint density at radius 3 is 2.73 bits per heavy atom. The molecule has 0 amide bonds. The first-order valence-electron chi connectivity index (χ1n) is 9.01. The van der Waals surface area contributed by atoms with Gasteiger partial charge in [-0.2, -0.15) is 0 Å². The Hall–Kier alpha value is -2.40. The topological polar surface area (TPSA) is 44.2 Å². The molecule has 2 aromatic heterocycles. The number of aromatic nitrogens is 2. The van der Waals surface area contributed by atoms with Crippen molar-refractivity contribution >= 4 is 11.3 Å². The second-order valence-electron chi connectivity index (χ2n) is 6.53. The van der Waals surface area contributed by atoms with Crippen LogP contribution in [0.1, 0.15) is 37.1 Å². The average Bonchev–Trinajstić information content (AvgIpc) is 3.35. The summed E-state index contributed by atoms with van der Waals surface area (Å²) in [7, 11) is 1.69. The van der Waals surface area contributed by atoms with E-state index in [9.17, 15) is 0 Å². The van der Waals surface area contributed by atoms with Gasteiger partial charge in [0.2, 0.25) is 0 Å². The Morgan fingerprint density at radius 2 is 1.96 bits per heavy atom. The SMILES string of the molecule is COc1ccc(-c2nc(Cc3ccccn3)cs2)cc1OC1CCCC1. The first-order chi connectivity index (χ1) is 12.8.